The molecule has 6 heteroatoms. The fourth-order valence-electron chi connectivity index (χ4n) is 1.85. The Morgan fingerprint density at radius 2 is 2.12 bits per heavy atom. The molecule has 17 heavy (non-hydrogen) atoms. The molecule has 1 aliphatic heterocycles. The predicted molar refractivity (Wildman–Crippen MR) is 61.4 cm³/mol. The van der Waals surface area contributed by atoms with Crippen molar-refractivity contribution in [3.63, 3.8) is 0 Å². The van der Waals surface area contributed by atoms with Crippen LogP contribution >= 0.6 is 11.6 Å². The zero-order valence-corrected chi connectivity index (χ0v) is 9.70. The Kier molecular flexibility index (Phi) is 3.49. The summed E-state index contributed by atoms with van der Waals surface area (Å²) >= 11 is 5.54. The van der Waals surface area contributed by atoms with Gasteiger partial charge in [-0.05, 0) is 31.2 Å². The third kappa shape index (κ3) is 3.04. The number of alkyl halides is 3. The third-order valence-electron chi connectivity index (χ3n) is 2.70. The van der Waals surface area contributed by atoms with E-state index in [1.165, 1.54) is 6.07 Å². The first kappa shape index (κ1) is 12.5. The van der Waals surface area contributed by atoms with Crippen molar-refractivity contribution in [1.29, 1.82) is 0 Å². The average molecular weight is 265 g/mol. The highest BCUT2D eigenvalue weighted by molar-refractivity contribution is 6.31. The largest absolute Gasteiger partial charge is 0.417 e. The van der Waals surface area contributed by atoms with Crippen LogP contribution < -0.4 is 10.6 Å². The molecule has 1 aromatic carbocycles. The van der Waals surface area contributed by atoms with Crippen molar-refractivity contribution in [2.75, 3.05) is 18.4 Å². The Hall–Kier alpha value is -0.940. The number of anilines is 1. The lowest BCUT2D eigenvalue weighted by Crippen LogP contribution is -2.22. The molecule has 1 heterocycles. The van der Waals surface area contributed by atoms with E-state index in [-0.39, 0.29) is 11.1 Å². The van der Waals surface area contributed by atoms with E-state index >= 15 is 0 Å². The molecule has 94 valence electrons. The molecule has 1 saturated heterocycles. The fourth-order valence-corrected chi connectivity index (χ4v) is 2.07. The van der Waals surface area contributed by atoms with Gasteiger partial charge >= 0.3 is 6.18 Å². The Balaban J connectivity index is 2.18. The van der Waals surface area contributed by atoms with E-state index in [0.717, 1.165) is 25.6 Å². The summed E-state index contributed by atoms with van der Waals surface area (Å²) in [5.41, 5.74) is -0.342. The zero-order valence-electron chi connectivity index (χ0n) is 8.94. The van der Waals surface area contributed by atoms with E-state index in [4.69, 9.17) is 11.6 Å². The summed E-state index contributed by atoms with van der Waals surface area (Å²) in [4.78, 5) is 0. The second-order valence-corrected chi connectivity index (χ2v) is 4.43. The molecule has 0 amide bonds. The predicted octanol–water partition coefficient (Wildman–Crippen LogP) is 3.13. The van der Waals surface area contributed by atoms with Gasteiger partial charge in [0.1, 0.15) is 0 Å². The summed E-state index contributed by atoms with van der Waals surface area (Å²) in [6.45, 7) is 1.65. The van der Waals surface area contributed by atoms with Gasteiger partial charge in [0.15, 0.2) is 0 Å². The van der Waals surface area contributed by atoms with Gasteiger partial charge in [-0.15, -0.1) is 0 Å². The second-order valence-electron chi connectivity index (χ2n) is 4.03. The molecular weight excluding hydrogens is 253 g/mol. The van der Waals surface area contributed by atoms with Crippen molar-refractivity contribution in [2.45, 2.75) is 18.6 Å². The van der Waals surface area contributed by atoms with E-state index in [2.05, 4.69) is 10.6 Å². The first-order chi connectivity index (χ1) is 7.97. The highest BCUT2D eigenvalue weighted by atomic mass is 35.5. The lowest BCUT2D eigenvalue weighted by atomic mass is 10.1. The summed E-state index contributed by atoms with van der Waals surface area (Å²) in [6.07, 6.45) is -3.51. The normalized spacial score (nSPS) is 20.6. The molecule has 0 bridgehead atoms. The number of benzene rings is 1. The fraction of sp³-hybridized carbons (Fsp3) is 0.455. The van der Waals surface area contributed by atoms with Crippen molar-refractivity contribution in [2.24, 2.45) is 0 Å². The minimum atomic E-state index is -4.41. The molecule has 0 aliphatic carbocycles. The second kappa shape index (κ2) is 4.74. The molecule has 2 nitrogen and oxygen atoms in total. The summed E-state index contributed by atoms with van der Waals surface area (Å²) in [6, 6.07) is 4.07. The van der Waals surface area contributed by atoms with E-state index in [1.54, 1.807) is 6.07 Å². The van der Waals surface area contributed by atoms with Crippen molar-refractivity contribution >= 4 is 17.3 Å². The van der Waals surface area contributed by atoms with E-state index in [1.807, 2.05) is 0 Å². The summed E-state index contributed by atoms with van der Waals surface area (Å²) in [5.74, 6) is 0. The van der Waals surface area contributed by atoms with Crippen LogP contribution in [0.2, 0.25) is 5.02 Å². The Morgan fingerprint density at radius 3 is 2.71 bits per heavy atom. The van der Waals surface area contributed by atoms with Gasteiger partial charge in [-0.1, -0.05) is 11.6 Å². The molecule has 1 fully saturated rings. The highest BCUT2D eigenvalue weighted by Crippen LogP contribution is 2.36. The molecule has 1 atom stereocenters. The van der Waals surface area contributed by atoms with Crippen LogP contribution in [0.4, 0.5) is 18.9 Å². The van der Waals surface area contributed by atoms with Crippen LogP contribution in [0.25, 0.3) is 0 Å². The van der Waals surface area contributed by atoms with Crippen molar-refractivity contribution < 1.29 is 13.2 Å². The van der Waals surface area contributed by atoms with Gasteiger partial charge in [0.2, 0.25) is 0 Å². The summed E-state index contributed by atoms with van der Waals surface area (Å²) < 4.78 is 37.9. The van der Waals surface area contributed by atoms with Gasteiger partial charge in [0.25, 0.3) is 0 Å². The van der Waals surface area contributed by atoms with Gasteiger partial charge in [-0.3, -0.25) is 0 Å². The molecule has 1 unspecified atom stereocenters. The van der Waals surface area contributed by atoms with Crippen LogP contribution in [0.15, 0.2) is 18.2 Å². The molecule has 2 rings (SSSR count). The molecule has 0 aromatic heterocycles. The standard InChI is InChI=1S/C11H12ClF3N2/c12-10-2-1-7(5-9(10)11(13,14)15)17-8-3-4-16-6-8/h1-2,5,8,16-17H,3-4,6H2. The maximum absolute atomic E-state index is 12.6. The van der Waals surface area contributed by atoms with Gasteiger partial charge in [0, 0.05) is 18.3 Å². The van der Waals surface area contributed by atoms with E-state index in [9.17, 15) is 13.2 Å². The molecular formula is C11H12ClF3N2. The van der Waals surface area contributed by atoms with Crippen LogP contribution in [-0.4, -0.2) is 19.1 Å². The van der Waals surface area contributed by atoms with Crippen molar-refractivity contribution in [3.05, 3.63) is 28.8 Å². The Morgan fingerprint density at radius 1 is 1.35 bits per heavy atom. The quantitative estimate of drug-likeness (QED) is 0.858. The van der Waals surface area contributed by atoms with Crippen LogP contribution in [0.5, 0.6) is 0 Å². The van der Waals surface area contributed by atoms with Crippen molar-refractivity contribution in [3.8, 4) is 0 Å². The Labute approximate surface area is 102 Å². The minimum absolute atomic E-state index is 0.178. The highest BCUT2D eigenvalue weighted by Gasteiger charge is 2.33. The number of nitrogens with one attached hydrogen (secondary N) is 2. The van der Waals surface area contributed by atoms with Crippen LogP contribution in [0.1, 0.15) is 12.0 Å². The molecule has 0 radical (unpaired) electrons. The monoisotopic (exact) mass is 264 g/mol. The van der Waals surface area contributed by atoms with E-state index < -0.39 is 11.7 Å². The average Bonchev–Trinajstić information content (AvgIpc) is 2.72. The van der Waals surface area contributed by atoms with Crippen molar-refractivity contribution in [1.82, 2.24) is 5.32 Å². The lowest BCUT2D eigenvalue weighted by molar-refractivity contribution is -0.137. The number of halogens is 4. The van der Waals surface area contributed by atoms with Gasteiger partial charge < -0.3 is 10.6 Å². The van der Waals surface area contributed by atoms with Gasteiger partial charge in [-0.25, -0.2) is 0 Å². The van der Waals surface area contributed by atoms with Gasteiger partial charge in [0.05, 0.1) is 10.6 Å². The topological polar surface area (TPSA) is 24.1 Å². The van der Waals surface area contributed by atoms with E-state index in [0.29, 0.717) is 5.69 Å². The Bertz CT molecular complexity index is 400. The van der Waals surface area contributed by atoms with Crippen LogP contribution in [-0.2, 0) is 6.18 Å². The number of hydrogen-bond acceptors (Lipinski definition) is 2. The molecule has 0 spiro atoms. The maximum atomic E-state index is 12.6. The molecule has 2 N–H and O–H groups in total. The summed E-state index contributed by atoms with van der Waals surface area (Å²) in [5, 5.41) is 5.93. The minimum Gasteiger partial charge on any atom is -0.381 e. The first-order valence-electron chi connectivity index (χ1n) is 5.31. The lowest BCUT2D eigenvalue weighted by Gasteiger charge is -2.15. The first-order valence-corrected chi connectivity index (χ1v) is 5.68. The number of rotatable bonds is 2. The maximum Gasteiger partial charge on any atom is 0.417 e. The summed E-state index contributed by atoms with van der Waals surface area (Å²) in [7, 11) is 0. The van der Waals surface area contributed by atoms with Gasteiger partial charge in [-0.2, -0.15) is 13.2 Å². The third-order valence-corrected chi connectivity index (χ3v) is 3.03. The smallest absolute Gasteiger partial charge is 0.381 e. The molecule has 1 aromatic rings. The number of hydrogen-bond donors (Lipinski definition) is 2. The SMILES string of the molecule is FC(F)(F)c1cc(NC2CCNC2)ccc1Cl. The molecule has 0 saturated carbocycles. The van der Waals surface area contributed by atoms with Crippen LogP contribution in [0, 0.1) is 0 Å². The zero-order chi connectivity index (χ0) is 12.5. The van der Waals surface area contributed by atoms with Crippen LogP contribution in [0.3, 0.4) is 0 Å². The molecule has 1 aliphatic rings.